The van der Waals surface area contributed by atoms with E-state index in [4.69, 9.17) is 24.7 Å². The number of thiazole rings is 1. The summed E-state index contributed by atoms with van der Waals surface area (Å²) in [5, 5.41) is 20.4. The third-order valence-corrected chi connectivity index (χ3v) is 7.23. The minimum Gasteiger partial charge on any atom is -0.493 e. The number of allylic oxidation sites excluding steroid dienone is 1. The number of methoxy groups -OCH3 is 2. The predicted octanol–water partition coefficient (Wildman–Crippen LogP) is 3.45. The molecule has 4 rings (SSSR count). The molecule has 0 fully saturated rings. The summed E-state index contributed by atoms with van der Waals surface area (Å²) in [4.78, 5) is 13.5. The van der Waals surface area contributed by atoms with Gasteiger partial charge in [0, 0.05) is 0 Å². The van der Waals surface area contributed by atoms with Crippen molar-refractivity contribution < 1.29 is 18.9 Å². The fraction of sp³-hybridized carbons (Fsp3) is 0.300. The number of ether oxygens (including phenoxy) is 4. The lowest BCUT2D eigenvalue weighted by molar-refractivity contribution is 0.230. The lowest BCUT2D eigenvalue weighted by atomic mass is 9.84. The van der Waals surface area contributed by atoms with Crippen LogP contribution in [0.25, 0.3) is 17.5 Å². The molecule has 0 saturated heterocycles. The van der Waals surface area contributed by atoms with Crippen LogP contribution >= 0.6 is 11.3 Å². The number of hydrogen-bond acceptors (Lipinski definition) is 9. The van der Waals surface area contributed by atoms with Crippen molar-refractivity contribution in [3.05, 3.63) is 72.6 Å². The summed E-state index contributed by atoms with van der Waals surface area (Å²) in [6.45, 7) is 7.65. The van der Waals surface area contributed by atoms with Gasteiger partial charge in [-0.1, -0.05) is 12.1 Å². The standard InChI is InChI=1S/C30H30N4O5S/c1-16(2)38-22-9-7-18(11-24(22)36-5)12-26-29(35)34-28(33)20(14-31)27(21(15-32)30(34)40-26)19-8-10-23(39-17(3)4)25(13-19)37-6/h7-13,16-17,27H,33H2,1-6H3/b26-12-/t27-/m1/s1. The van der Waals surface area contributed by atoms with Crippen molar-refractivity contribution >= 4 is 28.8 Å². The van der Waals surface area contributed by atoms with E-state index < -0.39 is 11.5 Å². The van der Waals surface area contributed by atoms with Crippen LogP contribution in [0.1, 0.15) is 44.7 Å². The molecule has 1 aliphatic heterocycles. The molecule has 10 heteroatoms. The summed E-state index contributed by atoms with van der Waals surface area (Å²) in [6, 6.07) is 15.0. The number of rotatable bonds is 8. The van der Waals surface area contributed by atoms with Crippen molar-refractivity contribution in [2.24, 2.45) is 5.73 Å². The molecule has 0 bridgehead atoms. The molecule has 9 nitrogen and oxygen atoms in total. The van der Waals surface area contributed by atoms with Crippen molar-refractivity contribution in [1.82, 2.24) is 4.57 Å². The SMILES string of the molecule is COc1cc(/C=c2\sc3n(c2=O)C(N)=C(C#N)[C@@H](c2ccc(OC(C)C)c(OC)c2)C=3C#N)ccc1OC(C)C. The van der Waals surface area contributed by atoms with E-state index >= 15 is 0 Å². The number of aromatic nitrogens is 1. The van der Waals surface area contributed by atoms with Gasteiger partial charge < -0.3 is 24.7 Å². The molecule has 40 heavy (non-hydrogen) atoms. The molecular formula is C30H30N4O5S. The van der Waals surface area contributed by atoms with Crippen molar-refractivity contribution in [2.45, 2.75) is 45.8 Å². The first-order chi connectivity index (χ1) is 19.1. The Morgan fingerprint density at radius 1 is 0.900 bits per heavy atom. The van der Waals surface area contributed by atoms with Gasteiger partial charge in [0.05, 0.1) is 60.2 Å². The molecule has 2 N–H and O–H groups in total. The molecule has 1 atom stereocenters. The Labute approximate surface area is 236 Å². The zero-order chi connectivity index (χ0) is 29.1. The average molecular weight is 559 g/mol. The molecule has 0 radical (unpaired) electrons. The highest BCUT2D eigenvalue weighted by atomic mass is 32.1. The van der Waals surface area contributed by atoms with E-state index in [1.807, 2.05) is 33.8 Å². The van der Waals surface area contributed by atoms with Crippen LogP contribution in [-0.2, 0) is 0 Å². The fourth-order valence-electron chi connectivity index (χ4n) is 4.48. The molecule has 0 aliphatic carbocycles. The third-order valence-electron chi connectivity index (χ3n) is 6.12. The number of fused-ring (bicyclic) bond motifs is 1. The molecule has 2 heterocycles. The minimum absolute atomic E-state index is 0.0119. The summed E-state index contributed by atoms with van der Waals surface area (Å²) >= 11 is 1.14. The van der Waals surface area contributed by atoms with Gasteiger partial charge in [0.25, 0.3) is 5.56 Å². The highest BCUT2D eigenvalue weighted by molar-refractivity contribution is 7.07. The fourth-order valence-corrected chi connectivity index (χ4v) is 5.60. The van der Waals surface area contributed by atoms with E-state index in [1.54, 1.807) is 43.5 Å². The average Bonchev–Trinajstić information content (AvgIpc) is 3.24. The Morgan fingerprint density at radius 3 is 2.02 bits per heavy atom. The highest BCUT2D eigenvalue weighted by Gasteiger charge is 2.32. The lowest BCUT2D eigenvalue weighted by Gasteiger charge is -2.23. The Hall–Kier alpha value is -4.67. The number of benzene rings is 2. The highest BCUT2D eigenvalue weighted by Crippen LogP contribution is 2.39. The zero-order valence-corrected chi connectivity index (χ0v) is 24.0. The van der Waals surface area contributed by atoms with Gasteiger partial charge in [0.2, 0.25) is 0 Å². The van der Waals surface area contributed by atoms with E-state index in [0.29, 0.717) is 43.3 Å². The van der Waals surface area contributed by atoms with Crippen molar-refractivity contribution in [2.75, 3.05) is 14.2 Å². The normalized spacial score (nSPS) is 15.1. The van der Waals surface area contributed by atoms with Gasteiger partial charge >= 0.3 is 0 Å². The first kappa shape index (κ1) is 28.3. The molecule has 206 valence electrons. The maximum atomic E-state index is 13.5. The van der Waals surface area contributed by atoms with E-state index in [-0.39, 0.29) is 29.2 Å². The van der Waals surface area contributed by atoms with Gasteiger partial charge in [0.15, 0.2) is 23.0 Å². The summed E-state index contributed by atoms with van der Waals surface area (Å²) in [7, 11) is 3.07. The second-order valence-corrected chi connectivity index (χ2v) is 10.6. The molecule has 1 aliphatic rings. The summed E-state index contributed by atoms with van der Waals surface area (Å²) < 4.78 is 24.6. The van der Waals surface area contributed by atoms with Gasteiger partial charge in [-0.15, -0.1) is 11.3 Å². The van der Waals surface area contributed by atoms with E-state index in [2.05, 4.69) is 12.1 Å². The zero-order valence-electron chi connectivity index (χ0n) is 23.1. The van der Waals surface area contributed by atoms with Crippen LogP contribution in [-0.4, -0.2) is 31.0 Å². The van der Waals surface area contributed by atoms with Crippen molar-refractivity contribution in [3.63, 3.8) is 0 Å². The van der Waals surface area contributed by atoms with Crippen LogP contribution in [0.5, 0.6) is 23.0 Å². The third kappa shape index (κ3) is 5.27. The van der Waals surface area contributed by atoms with Crippen LogP contribution in [0, 0.1) is 22.7 Å². The van der Waals surface area contributed by atoms with Gasteiger partial charge in [-0.25, -0.2) is 0 Å². The van der Waals surface area contributed by atoms with Crippen LogP contribution < -0.4 is 39.4 Å². The number of nitrogens with zero attached hydrogens (tertiary/aromatic N) is 3. The number of nitrogens with two attached hydrogens (primary N) is 1. The lowest BCUT2D eigenvalue weighted by Crippen LogP contribution is -2.38. The first-order valence-corrected chi connectivity index (χ1v) is 13.4. The Morgan fingerprint density at radius 2 is 1.48 bits per heavy atom. The van der Waals surface area contributed by atoms with Crippen LogP contribution in [0.4, 0.5) is 0 Å². The monoisotopic (exact) mass is 558 g/mol. The molecule has 0 unspecified atom stereocenters. The number of nitriles is 2. The molecule has 0 saturated carbocycles. The largest absolute Gasteiger partial charge is 0.493 e. The van der Waals surface area contributed by atoms with Crippen LogP contribution in [0.2, 0.25) is 0 Å². The molecule has 0 amide bonds. The van der Waals surface area contributed by atoms with Gasteiger partial charge in [-0.05, 0) is 69.2 Å². The summed E-state index contributed by atoms with van der Waals surface area (Å²) in [5.41, 5.74) is 7.67. The van der Waals surface area contributed by atoms with Crippen molar-refractivity contribution in [1.29, 1.82) is 10.5 Å². The van der Waals surface area contributed by atoms with E-state index in [9.17, 15) is 15.3 Å². The Balaban J connectivity index is 1.92. The van der Waals surface area contributed by atoms with Gasteiger partial charge in [-0.3, -0.25) is 9.36 Å². The quantitative estimate of drug-likeness (QED) is 0.445. The predicted molar refractivity (Wildman–Crippen MR) is 154 cm³/mol. The number of hydrogen-bond donors (Lipinski definition) is 1. The summed E-state index contributed by atoms with van der Waals surface area (Å²) in [5.74, 6) is 1.32. The summed E-state index contributed by atoms with van der Waals surface area (Å²) in [6.07, 6.45) is 1.59. The smallest absolute Gasteiger partial charge is 0.274 e. The second-order valence-electron chi connectivity index (χ2n) is 9.58. The van der Waals surface area contributed by atoms with Gasteiger partial charge in [-0.2, -0.15) is 10.5 Å². The molecule has 2 aromatic carbocycles. The topological polar surface area (TPSA) is 133 Å². The molecular weight excluding hydrogens is 528 g/mol. The maximum Gasteiger partial charge on any atom is 0.274 e. The molecule has 3 aromatic rings. The maximum absolute atomic E-state index is 13.5. The van der Waals surface area contributed by atoms with Crippen LogP contribution in [0.15, 0.2) is 46.8 Å². The van der Waals surface area contributed by atoms with E-state index in [1.165, 1.54) is 11.7 Å². The second kappa shape index (κ2) is 11.6. The van der Waals surface area contributed by atoms with Crippen molar-refractivity contribution in [3.8, 4) is 35.1 Å². The molecule has 0 spiro atoms. The van der Waals surface area contributed by atoms with E-state index in [0.717, 1.165) is 11.3 Å². The molecule has 1 aromatic heterocycles. The van der Waals surface area contributed by atoms with Gasteiger partial charge in [0.1, 0.15) is 10.5 Å². The minimum atomic E-state index is -0.782. The van der Waals surface area contributed by atoms with Crippen LogP contribution in [0.3, 0.4) is 0 Å². The Bertz CT molecular complexity index is 1750. The first-order valence-electron chi connectivity index (χ1n) is 12.6. The Kier molecular flexibility index (Phi) is 8.22.